The van der Waals surface area contributed by atoms with Crippen LogP contribution in [-0.2, 0) is 9.21 Å². The van der Waals surface area contributed by atoms with Gasteiger partial charge in [-0.2, -0.15) is 4.98 Å². The van der Waals surface area contributed by atoms with E-state index in [0.29, 0.717) is 5.82 Å². The van der Waals surface area contributed by atoms with Crippen molar-refractivity contribution >= 4 is 34.8 Å². The van der Waals surface area contributed by atoms with E-state index in [0.717, 1.165) is 0 Å². The van der Waals surface area contributed by atoms with Gasteiger partial charge in [-0.15, -0.1) is 0 Å². The summed E-state index contributed by atoms with van der Waals surface area (Å²) in [6.45, 7) is 5.83. The molecule has 0 amide bonds. The van der Waals surface area contributed by atoms with E-state index in [9.17, 15) is 0 Å². The minimum Gasteiger partial charge on any atom is -0.335 e. The van der Waals surface area contributed by atoms with Crippen LogP contribution in [0.25, 0.3) is 0 Å². The predicted octanol–water partition coefficient (Wildman–Crippen LogP) is 3.19. The Kier molecular flexibility index (Phi) is 2.81. The van der Waals surface area contributed by atoms with Crippen molar-refractivity contribution in [1.29, 1.82) is 0 Å². The third-order valence-electron chi connectivity index (χ3n) is 1.34. The lowest BCUT2D eigenvalue weighted by molar-refractivity contribution is 0.366. The van der Waals surface area contributed by atoms with Crippen molar-refractivity contribution in [3.05, 3.63) is 11.7 Å². The zero-order valence-corrected chi connectivity index (χ0v) is 9.70. The van der Waals surface area contributed by atoms with Gasteiger partial charge in [0.05, 0.1) is 0 Å². The van der Waals surface area contributed by atoms with Gasteiger partial charge in [0.25, 0.3) is 9.68 Å². The first kappa shape index (κ1) is 11.1. The van der Waals surface area contributed by atoms with Crippen LogP contribution >= 0.6 is 34.8 Å². The number of hydrogen-bond donors (Lipinski definition) is 0. The predicted molar refractivity (Wildman–Crippen MR) is 52.2 cm³/mol. The van der Waals surface area contributed by atoms with Crippen molar-refractivity contribution in [3.63, 3.8) is 0 Å². The van der Waals surface area contributed by atoms with E-state index in [1.54, 1.807) is 0 Å². The molecule has 0 saturated heterocycles. The molecule has 0 atom stereocenters. The second-order valence-corrected chi connectivity index (χ2v) is 5.95. The Bertz CT molecular complexity index is 269. The zero-order valence-electron chi connectivity index (χ0n) is 7.44. The lowest BCUT2D eigenvalue weighted by atomic mass is 9.96. The number of hydrogen-bond acceptors (Lipinski definition) is 3. The van der Waals surface area contributed by atoms with E-state index in [4.69, 9.17) is 39.3 Å². The molecule has 1 rings (SSSR count). The van der Waals surface area contributed by atoms with Gasteiger partial charge in [0.2, 0.25) is 0 Å². The molecule has 1 aromatic rings. The SMILES string of the molecule is CC(C)(C)c1noc(C(Cl)(Cl)Cl)n1. The molecule has 6 heteroatoms. The summed E-state index contributed by atoms with van der Waals surface area (Å²) in [5.41, 5.74) is -0.211. The highest BCUT2D eigenvalue weighted by molar-refractivity contribution is 6.66. The minimum absolute atomic E-state index is 0.00225. The summed E-state index contributed by atoms with van der Waals surface area (Å²) in [6, 6.07) is 0. The third-order valence-corrected chi connectivity index (χ3v) is 1.82. The largest absolute Gasteiger partial charge is 0.335 e. The Labute approximate surface area is 91.4 Å². The van der Waals surface area contributed by atoms with Crippen molar-refractivity contribution < 1.29 is 4.52 Å². The first-order valence-corrected chi connectivity index (χ1v) is 4.76. The molecule has 0 aromatic carbocycles. The van der Waals surface area contributed by atoms with E-state index < -0.39 is 3.79 Å². The summed E-state index contributed by atoms with van der Waals surface area (Å²) < 4.78 is 3.16. The molecule has 0 radical (unpaired) electrons. The second kappa shape index (κ2) is 3.30. The molecule has 1 heterocycles. The van der Waals surface area contributed by atoms with Gasteiger partial charge in [0.15, 0.2) is 5.82 Å². The zero-order chi connectivity index (χ0) is 10.3. The Balaban J connectivity index is 3.01. The van der Waals surface area contributed by atoms with Gasteiger partial charge in [-0.05, 0) is 0 Å². The lowest BCUT2D eigenvalue weighted by Gasteiger charge is -2.11. The van der Waals surface area contributed by atoms with Crippen molar-refractivity contribution in [2.75, 3.05) is 0 Å². The lowest BCUT2D eigenvalue weighted by Crippen LogP contribution is -2.13. The summed E-state index contributed by atoms with van der Waals surface area (Å²) in [4.78, 5) is 3.98. The van der Waals surface area contributed by atoms with E-state index >= 15 is 0 Å². The smallest absolute Gasteiger partial charge is 0.278 e. The molecule has 0 N–H and O–H groups in total. The van der Waals surface area contributed by atoms with Gasteiger partial charge in [0.1, 0.15) is 0 Å². The maximum absolute atomic E-state index is 5.56. The molecule has 0 aliphatic heterocycles. The molecule has 0 aliphatic carbocycles. The number of alkyl halides is 3. The second-order valence-electron chi connectivity index (χ2n) is 3.67. The Morgan fingerprint density at radius 2 is 1.69 bits per heavy atom. The summed E-state index contributed by atoms with van der Waals surface area (Å²) in [6.07, 6.45) is 0. The van der Waals surface area contributed by atoms with E-state index in [-0.39, 0.29) is 11.3 Å². The van der Waals surface area contributed by atoms with Gasteiger partial charge in [-0.3, -0.25) is 0 Å². The van der Waals surface area contributed by atoms with Gasteiger partial charge in [0, 0.05) is 5.41 Å². The Morgan fingerprint density at radius 3 is 1.92 bits per heavy atom. The Hall–Kier alpha value is 0.01000. The summed E-state index contributed by atoms with van der Waals surface area (Å²) in [5.74, 6) is 0.524. The molecular weight excluding hydrogens is 234 g/mol. The average Bonchev–Trinajstić information content (AvgIpc) is 2.28. The maximum atomic E-state index is 5.56. The molecule has 0 aliphatic rings. The van der Waals surface area contributed by atoms with Gasteiger partial charge >= 0.3 is 0 Å². The summed E-state index contributed by atoms with van der Waals surface area (Å²) >= 11 is 16.7. The van der Waals surface area contributed by atoms with Crippen molar-refractivity contribution in [1.82, 2.24) is 10.1 Å². The molecule has 74 valence electrons. The highest BCUT2D eigenvalue weighted by Gasteiger charge is 2.32. The third kappa shape index (κ3) is 2.73. The van der Waals surface area contributed by atoms with Crippen molar-refractivity contribution in [3.8, 4) is 0 Å². The van der Waals surface area contributed by atoms with Gasteiger partial charge in [-0.1, -0.05) is 60.7 Å². The van der Waals surface area contributed by atoms with Crippen LogP contribution in [0.1, 0.15) is 32.5 Å². The molecule has 13 heavy (non-hydrogen) atoms. The van der Waals surface area contributed by atoms with Crippen LogP contribution in [0.15, 0.2) is 4.52 Å². The number of aromatic nitrogens is 2. The molecule has 0 unspecified atom stereocenters. The molecule has 0 fully saturated rings. The first-order chi connectivity index (χ1) is 5.71. The van der Waals surface area contributed by atoms with Crippen LogP contribution in [0.3, 0.4) is 0 Å². The minimum atomic E-state index is -1.64. The quantitative estimate of drug-likeness (QED) is 0.657. The molecule has 0 bridgehead atoms. The molecular formula is C7H9Cl3N2O. The monoisotopic (exact) mass is 242 g/mol. The van der Waals surface area contributed by atoms with Crippen LogP contribution in [0.4, 0.5) is 0 Å². The van der Waals surface area contributed by atoms with Crippen molar-refractivity contribution in [2.24, 2.45) is 0 Å². The maximum Gasteiger partial charge on any atom is 0.278 e. The van der Waals surface area contributed by atoms with E-state index in [2.05, 4.69) is 10.1 Å². The van der Waals surface area contributed by atoms with Crippen LogP contribution in [0.2, 0.25) is 0 Å². The van der Waals surface area contributed by atoms with Crippen LogP contribution in [-0.4, -0.2) is 10.1 Å². The van der Waals surface area contributed by atoms with Crippen LogP contribution < -0.4 is 0 Å². The van der Waals surface area contributed by atoms with Crippen LogP contribution in [0.5, 0.6) is 0 Å². The standard InChI is InChI=1S/C7H9Cl3N2O/c1-6(2,3)4-11-5(13-12-4)7(8,9)10/h1-3H3. The van der Waals surface area contributed by atoms with Crippen LogP contribution in [0, 0.1) is 0 Å². The summed E-state index contributed by atoms with van der Waals surface area (Å²) in [7, 11) is 0. The molecule has 1 aromatic heterocycles. The Morgan fingerprint density at radius 1 is 1.15 bits per heavy atom. The number of nitrogens with zero attached hydrogens (tertiary/aromatic N) is 2. The fourth-order valence-corrected chi connectivity index (χ4v) is 0.874. The normalized spacial score (nSPS) is 13.4. The van der Waals surface area contributed by atoms with Crippen molar-refractivity contribution in [2.45, 2.75) is 30.0 Å². The molecule has 0 spiro atoms. The summed E-state index contributed by atoms with van der Waals surface area (Å²) in [5, 5.41) is 3.71. The number of rotatable bonds is 0. The number of halogens is 3. The topological polar surface area (TPSA) is 38.9 Å². The van der Waals surface area contributed by atoms with E-state index in [1.807, 2.05) is 20.8 Å². The highest BCUT2D eigenvalue weighted by Crippen LogP contribution is 2.37. The fourth-order valence-electron chi connectivity index (χ4n) is 0.643. The molecule has 0 saturated carbocycles. The van der Waals surface area contributed by atoms with Gasteiger partial charge < -0.3 is 4.52 Å². The molecule has 3 nitrogen and oxygen atoms in total. The van der Waals surface area contributed by atoms with E-state index in [1.165, 1.54) is 0 Å². The fraction of sp³-hybridized carbons (Fsp3) is 0.714. The highest BCUT2D eigenvalue weighted by atomic mass is 35.6. The first-order valence-electron chi connectivity index (χ1n) is 3.62. The average molecular weight is 244 g/mol. The van der Waals surface area contributed by atoms with Gasteiger partial charge in [-0.25, -0.2) is 0 Å².